The van der Waals surface area contributed by atoms with Crippen LogP contribution in [0.2, 0.25) is 0 Å². The Hall–Kier alpha value is -0.860. The van der Waals surface area contributed by atoms with Crippen molar-refractivity contribution < 1.29 is 0 Å². The molecular formula is C17H28N2. The fourth-order valence-corrected chi connectivity index (χ4v) is 2.85. The van der Waals surface area contributed by atoms with Gasteiger partial charge in [0, 0.05) is 12.1 Å². The lowest BCUT2D eigenvalue weighted by Gasteiger charge is -2.32. The van der Waals surface area contributed by atoms with Crippen molar-refractivity contribution in [2.75, 3.05) is 19.6 Å². The van der Waals surface area contributed by atoms with Crippen molar-refractivity contribution in [3.63, 3.8) is 0 Å². The molecule has 2 rings (SSSR count). The molecule has 2 heteroatoms. The van der Waals surface area contributed by atoms with E-state index in [9.17, 15) is 0 Å². The van der Waals surface area contributed by atoms with Crippen LogP contribution in [-0.4, -0.2) is 36.6 Å². The van der Waals surface area contributed by atoms with Crippen LogP contribution in [0.25, 0.3) is 0 Å². The zero-order valence-corrected chi connectivity index (χ0v) is 12.4. The fraction of sp³-hybridized carbons (Fsp3) is 0.647. The molecule has 1 heterocycles. The third kappa shape index (κ3) is 4.96. The molecule has 1 aromatic carbocycles. The van der Waals surface area contributed by atoms with E-state index in [1.54, 1.807) is 0 Å². The standard InChI is InChI=1S/C17H28N2/c1-15-11-14-19(13-6-12-18-15)16(2)9-10-17-7-4-3-5-8-17/h3-5,7-8,15-16,18H,6,9-14H2,1-2H3. The van der Waals surface area contributed by atoms with Gasteiger partial charge in [0.2, 0.25) is 0 Å². The Balaban J connectivity index is 1.79. The van der Waals surface area contributed by atoms with Gasteiger partial charge in [-0.3, -0.25) is 0 Å². The molecular weight excluding hydrogens is 232 g/mol. The summed E-state index contributed by atoms with van der Waals surface area (Å²) in [6, 6.07) is 12.2. The molecule has 0 spiro atoms. The molecule has 1 aliphatic heterocycles. The van der Waals surface area contributed by atoms with E-state index in [0.717, 1.165) is 0 Å². The number of hydrogen-bond donors (Lipinski definition) is 1. The second kappa shape index (κ2) is 7.66. The van der Waals surface area contributed by atoms with E-state index in [-0.39, 0.29) is 0 Å². The van der Waals surface area contributed by atoms with Gasteiger partial charge in [0.25, 0.3) is 0 Å². The third-order valence-corrected chi connectivity index (χ3v) is 4.28. The zero-order chi connectivity index (χ0) is 13.5. The highest BCUT2D eigenvalue weighted by atomic mass is 15.2. The Kier molecular flexibility index (Phi) is 5.87. The van der Waals surface area contributed by atoms with E-state index >= 15 is 0 Å². The van der Waals surface area contributed by atoms with Crippen LogP contribution in [0.4, 0.5) is 0 Å². The number of rotatable bonds is 4. The van der Waals surface area contributed by atoms with Gasteiger partial charge in [0.1, 0.15) is 0 Å². The van der Waals surface area contributed by atoms with E-state index in [0.29, 0.717) is 12.1 Å². The Morgan fingerprint density at radius 1 is 1.26 bits per heavy atom. The Bertz CT molecular complexity index is 350. The molecule has 1 saturated heterocycles. The molecule has 0 radical (unpaired) electrons. The number of nitrogens with zero attached hydrogens (tertiary/aromatic N) is 1. The van der Waals surface area contributed by atoms with Gasteiger partial charge >= 0.3 is 0 Å². The molecule has 1 fully saturated rings. The molecule has 0 aromatic heterocycles. The first kappa shape index (κ1) is 14.5. The summed E-state index contributed by atoms with van der Waals surface area (Å²) in [5.74, 6) is 0. The van der Waals surface area contributed by atoms with Crippen LogP contribution in [0.5, 0.6) is 0 Å². The lowest BCUT2D eigenvalue weighted by Crippen LogP contribution is -2.42. The zero-order valence-electron chi connectivity index (χ0n) is 12.4. The van der Waals surface area contributed by atoms with Crippen molar-refractivity contribution in [2.45, 2.75) is 51.6 Å². The Morgan fingerprint density at radius 2 is 2.05 bits per heavy atom. The second-order valence-electron chi connectivity index (χ2n) is 5.91. The molecule has 106 valence electrons. The topological polar surface area (TPSA) is 15.3 Å². The molecule has 0 aliphatic carbocycles. The van der Waals surface area contributed by atoms with E-state index in [4.69, 9.17) is 0 Å². The highest BCUT2D eigenvalue weighted by molar-refractivity contribution is 5.14. The van der Waals surface area contributed by atoms with Crippen LogP contribution in [0.15, 0.2) is 30.3 Å². The fourth-order valence-electron chi connectivity index (χ4n) is 2.85. The molecule has 2 nitrogen and oxygen atoms in total. The molecule has 0 bridgehead atoms. The molecule has 1 aliphatic rings. The smallest absolute Gasteiger partial charge is 0.00701 e. The van der Waals surface area contributed by atoms with E-state index in [2.05, 4.69) is 54.4 Å². The van der Waals surface area contributed by atoms with Gasteiger partial charge in [-0.25, -0.2) is 0 Å². The summed E-state index contributed by atoms with van der Waals surface area (Å²) in [5.41, 5.74) is 1.47. The minimum absolute atomic E-state index is 0.670. The quantitative estimate of drug-likeness (QED) is 0.895. The maximum atomic E-state index is 3.58. The summed E-state index contributed by atoms with van der Waals surface area (Å²) < 4.78 is 0. The normalized spacial score (nSPS) is 23.6. The van der Waals surface area contributed by atoms with E-state index in [1.807, 2.05) is 0 Å². The predicted octanol–water partition coefficient (Wildman–Crippen LogP) is 3.08. The van der Waals surface area contributed by atoms with Crippen molar-refractivity contribution in [1.82, 2.24) is 10.2 Å². The summed E-state index contributed by atoms with van der Waals surface area (Å²) >= 11 is 0. The molecule has 2 atom stereocenters. The summed E-state index contributed by atoms with van der Waals surface area (Å²) in [5, 5.41) is 3.58. The van der Waals surface area contributed by atoms with Gasteiger partial charge in [0.05, 0.1) is 0 Å². The maximum Gasteiger partial charge on any atom is 0.00701 e. The lowest BCUT2D eigenvalue weighted by atomic mass is 10.0. The monoisotopic (exact) mass is 260 g/mol. The third-order valence-electron chi connectivity index (χ3n) is 4.28. The van der Waals surface area contributed by atoms with Crippen LogP contribution in [0.3, 0.4) is 0 Å². The number of benzene rings is 1. The number of hydrogen-bond acceptors (Lipinski definition) is 2. The van der Waals surface area contributed by atoms with Crippen molar-refractivity contribution >= 4 is 0 Å². The van der Waals surface area contributed by atoms with Crippen molar-refractivity contribution in [2.24, 2.45) is 0 Å². The highest BCUT2D eigenvalue weighted by Crippen LogP contribution is 2.12. The summed E-state index contributed by atoms with van der Waals surface area (Å²) in [6.07, 6.45) is 5.02. The molecule has 1 aromatic rings. The number of nitrogens with one attached hydrogen (secondary N) is 1. The largest absolute Gasteiger partial charge is 0.314 e. The van der Waals surface area contributed by atoms with Crippen LogP contribution < -0.4 is 5.32 Å². The minimum Gasteiger partial charge on any atom is -0.314 e. The average Bonchev–Trinajstić information content (AvgIpc) is 2.42. The van der Waals surface area contributed by atoms with Crippen LogP contribution >= 0.6 is 0 Å². The van der Waals surface area contributed by atoms with Crippen molar-refractivity contribution in [1.29, 1.82) is 0 Å². The molecule has 1 N–H and O–H groups in total. The van der Waals surface area contributed by atoms with Gasteiger partial charge in [-0.1, -0.05) is 30.3 Å². The van der Waals surface area contributed by atoms with Gasteiger partial charge in [-0.15, -0.1) is 0 Å². The van der Waals surface area contributed by atoms with Crippen LogP contribution in [0, 0.1) is 0 Å². The summed E-state index contributed by atoms with van der Waals surface area (Å²) in [7, 11) is 0. The molecule has 0 saturated carbocycles. The van der Waals surface area contributed by atoms with Gasteiger partial charge < -0.3 is 10.2 Å². The average molecular weight is 260 g/mol. The Labute approximate surface area is 118 Å². The lowest BCUT2D eigenvalue weighted by molar-refractivity contribution is 0.176. The van der Waals surface area contributed by atoms with E-state index in [1.165, 1.54) is 50.9 Å². The van der Waals surface area contributed by atoms with E-state index < -0.39 is 0 Å². The van der Waals surface area contributed by atoms with Crippen molar-refractivity contribution in [3.05, 3.63) is 35.9 Å². The van der Waals surface area contributed by atoms with Gasteiger partial charge in [-0.05, 0) is 64.7 Å². The SMILES string of the molecule is CC1CCN(C(C)CCc2ccccc2)CCCN1. The Morgan fingerprint density at radius 3 is 2.84 bits per heavy atom. The van der Waals surface area contributed by atoms with Crippen LogP contribution in [-0.2, 0) is 6.42 Å². The van der Waals surface area contributed by atoms with Gasteiger partial charge in [-0.2, -0.15) is 0 Å². The van der Waals surface area contributed by atoms with Gasteiger partial charge in [0.15, 0.2) is 0 Å². The van der Waals surface area contributed by atoms with Crippen molar-refractivity contribution in [3.8, 4) is 0 Å². The molecule has 0 amide bonds. The van der Waals surface area contributed by atoms with Crippen LogP contribution in [0.1, 0.15) is 38.7 Å². The summed E-state index contributed by atoms with van der Waals surface area (Å²) in [6.45, 7) is 8.35. The first-order chi connectivity index (χ1) is 9.25. The summed E-state index contributed by atoms with van der Waals surface area (Å²) in [4.78, 5) is 2.68. The number of aryl methyl sites for hydroxylation is 1. The first-order valence-electron chi connectivity index (χ1n) is 7.77. The molecule has 19 heavy (non-hydrogen) atoms. The second-order valence-corrected chi connectivity index (χ2v) is 5.91. The molecule has 2 unspecified atom stereocenters. The predicted molar refractivity (Wildman–Crippen MR) is 82.5 cm³/mol. The minimum atomic E-state index is 0.670. The first-order valence-corrected chi connectivity index (χ1v) is 7.77. The maximum absolute atomic E-state index is 3.58. The highest BCUT2D eigenvalue weighted by Gasteiger charge is 2.16.